The third-order valence-corrected chi connectivity index (χ3v) is 3.69. The van der Waals surface area contributed by atoms with Gasteiger partial charge in [-0.2, -0.15) is 0 Å². The summed E-state index contributed by atoms with van der Waals surface area (Å²) >= 11 is 0. The Morgan fingerprint density at radius 2 is 1.39 bits per heavy atom. The lowest BCUT2D eigenvalue weighted by Crippen LogP contribution is -2.41. The van der Waals surface area contributed by atoms with Gasteiger partial charge in [0.2, 0.25) is 0 Å². The molecule has 0 saturated carbocycles. The molecule has 2 N–H and O–H groups in total. The molecule has 2 rings (SSSR count). The van der Waals surface area contributed by atoms with Gasteiger partial charge in [-0.15, -0.1) is 0 Å². The van der Waals surface area contributed by atoms with Gasteiger partial charge in [-0.1, -0.05) is 51.1 Å². The zero-order valence-corrected chi connectivity index (χ0v) is 13.9. The number of carbonyl (C=O) groups is 2. The smallest absolute Gasteiger partial charge is 0.267 e. The fourth-order valence-electron chi connectivity index (χ4n) is 2.20. The minimum absolute atomic E-state index is 0.0358. The first kappa shape index (κ1) is 16.7. The van der Waals surface area contributed by atoms with Crippen molar-refractivity contribution < 1.29 is 9.59 Å². The van der Waals surface area contributed by atoms with E-state index in [1.807, 2.05) is 31.2 Å². The van der Waals surface area contributed by atoms with E-state index < -0.39 is 0 Å². The first-order valence-corrected chi connectivity index (χ1v) is 7.56. The summed E-state index contributed by atoms with van der Waals surface area (Å²) in [6, 6.07) is 14.6. The Kier molecular flexibility index (Phi) is 4.84. The van der Waals surface area contributed by atoms with Gasteiger partial charge in [0.1, 0.15) is 0 Å². The second-order valence-electron chi connectivity index (χ2n) is 6.55. The van der Waals surface area contributed by atoms with Gasteiger partial charge < -0.3 is 0 Å². The Hall–Kier alpha value is -2.62. The van der Waals surface area contributed by atoms with E-state index in [-0.39, 0.29) is 17.2 Å². The molecular weight excluding hydrogens is 288 g/mol. The predicted octanol–water partition coefficient (Wildman–Crippen LogP) is 3.37. The Bertz CT molecular complexity index is 713. The molecular formula is C19H22N2O2. The number of hydrogen-bond donors (Lipinski definition) is 2. The maximum atomic E-state index is 12.1. The highest BCUT2D eigenvalue weighted by molar-refractivity contribution is 5.99. The van der Waals surface area contributed by atoms with Crippen LogP contribution in [0.15, 0.2) is 48.5 Å². The Morgan fingerprint density at radius 1 is 0.826 bits per heavy atom. The lowest BCUT2D eigenvalue weighted by Gasteiger charge is -2.19. The summed E-state index contributed by atoms with van der Waals surface area (Å²) in [4.78, 5) is 24.2. The number of carbonyl (C=O) groups excluding carboxylic acids is 2. The van der Waals surface area contributed by atoms with Crippen molar-refractivity contribution in [1.29, 1.82) is 0 Å². The maximum absolute atomic E-state index is 12.1. The zero-order valence-electron chi connectivity index (χ0n) is 13.9. The molecule has 0 atom stereocenters. The van der Waals surface area contributed by atoms with Crippen molar-refractivity contribution in [1.82, 2.24) is 10.9 Å². The van der Waals surface area contributed by atoms with E-state index in [0.717, 1.165) is 11.1 Å². The van der Waals surface area contributed by atoms with Gasteiger partial charge in [0, 0.05) is 11.1 Å². The molecule has 0 aliphatic carbocycles. The average molecular weight is 310 g/mol. The van der Waals surface area contributed by atoms with Crippen LogP contribution in [0, 0.1) is 6.92 Å². The molecule has 0 bridgehead atoms. The number of rotatable bonds is 2. The average Bonchev–Trinajstić information content (AvgIpc) is 2.52. The van der Waals surface area contributed by atoms with Crippen molar-refractivity contribution in [3.8, 4) is 0 Å². The van der Waals surface area contributed by atoms with Gasteiger partial charge in [0.25, 0.3) is 11.8 Å². The van der Waals surface area contributed by atoms with Crippen molar-refractivity contribution in [2.24, 2.45) is 0 Å². The molecule has 120 valence electrons. The van der Waals surface area contributed by atoms with Gasteiger partial charge in [-0.3, -0.25) is 20.4 Å². The van der Waals surface area contributed by atoms with Crippen LogP contribution in [0.5, 0.6) is 0 Å². The minimum Gasteiger partial charge on any atom is -0.267 e. The van der Waals surface area contributed by atoms with Crippen LogP contribution in [0.1, 0.15) is 52.6 Å². The van der Waals surface area contributed by atoms with E-state index in [9.17, 15) is 9.59 Å². The molecule has 4 nitrogen and oxygen atoms in total. The number of benzene rings is 2. The van der Waals surface area contributed by atoms with Crippen LogP contribution in [0.25, 0.3) is 0 Å². The predicted molar refractivity (Wildman–Crippen MR) is 91.3 cm³/mol. The Balaban J connectivity index is 2.00. The first-order chi connectivity index (χ1) is 10.8. The Labute approximate surface area is 136 Å². The van der Waals surface area contributed by atoms with E-state index in [2.05, 4.69) is 31.6 Å². The van der Waals surface area contributed by atoms with Crippen molar-refractivity contribution in [2.45, 2.75) is 33.1 Å². The molecule has 2 aromatic rings. The quantitative estimate of drug-likeness (QED) is 0.836. The summed E-state index contributed by atoms with van der Waals surface area (Å²) < 4.78 is 0. The van der Waals surface area contributed by atoms with Gasteiger partial charge in [0.15, 0.2) is 0 Å². The fraction of sp³-hybridized carbons (Fsp3) is 0.263. The molecule has 2 amide bonds. The SMILES string of the molecule is Cc1ccccc1C(=O)NNC(=O)c1ccc(C(C)(C)C)cc1. The highest BCUT2D eigenvalue weighted by atomic mass is 16.2. The molecule has 0 spiro atoms. The van der Waals surface area contributed by atoms with Gasteiger partial charge in [-0.05, 0) is 41.7 Å². The molecule has 0 aromatic heterocycles. The van der Waals surface area contributed by atoms with Crippen molar-refractivity contribution >= 4 is 11.8 Å². The highest BCUT2D eigenvalue weighted by Crippen LogP contribution is 2.22. The summed E-state index contributed by atoms with van der Waals surface area (Å²) in [5.74, 6) is -0.671. The summed E-state index contributed by atoms with van der Waals surface area (Å²) in [7, 11) is 0. The summed E-state index contributed by atoms with van der Waals surface area (Å²) in [5, 5.41) is 0. The number of nitrogens with one attached hydrogen (secondary N) is 2. The van der Waals surface area contributed by atoms with Crippen LogP contribution in [-0.4, -0.2) is 11.8 Å². The molecule has 0 fully saturated rings. The second-order valence-corrected chi connectivity index (χ2v) is 6.55. The maximum Gasteiger partial charge on any atom is 0.269 e. The van der Waals surface area contributed by atoms with Crippen molar-refractivity contribution in [2.75, 3.05) is 0 Å². The number of hydrogen-bond acceptors (Lipinski definition) is 2. The standard InChI is InChI=1S/C19H22N2O2/c1-13-7-5-6-8-16(13)18(23)21-20-17(22)14-9-11-15(12-10-14)19(2,3)4/h5-12H,1-4H3,(H,20,22)(H,21,23). The number of amides is 2. The third kappa shape index (κ3) is 4.19. The van der Waals surface area contributed by atoms with Crippen LogP contribution in [0.4, 0.5) is 0 Å². The van der Waals surface area contributed by atoms with Gasteiger partial charge in [-0.25, -0.2) is 0 Å². The summed E-state index contributed by atoms with van der Waals surface area (Å²) in [6.45, 7) is 8.20. The van der Waals surface area contributed by atoms with Crippen LogP contribution in [-0.2, 0) is 5.41 Å². The number of aryl methyl sites for hydroxylation is 1. The molecule has 0 unspecified atom stereocenters. The van der Waals surface area contributed by atoms with Gasteiger partial charge in [0.05, 0.1) is 0 Å². The molecule has 2 aromatic carbocycles. The van der Waals surface area contributed by atoms with E-state index in [0.29, 0.717) is 11.1 Å². The normalized spacial score (nSPS) is 11.0. The van der Waals surface area contributed by atoms with E-state index in [1.54, 1.807) is 24.3 Å². The van der Waals surface area contributed by atoms with E-state index in [1.165, 1.54) is 0 Å². The Morgan fingerprint density at radius 3 is 1.96 bits per heavy atom. The molecule has 23 heavy (non-hydrogen) atoms. The number of hydrazine groups is 1. The zero-order chi connectivity index (χ0) is 17.0. The van der Waals surface area contributed by atoms with Crippen LogP contribution in [0.3, 0.4) is 0 Å². The third-order valence-electron chi connectivity index (χ3n) is 3.69. The van der Waals surface area contributed by atoms with Crippen LogP contribution in [0.2, 0.25) is 0 Å². The molecule has 0 heterocycles. The van der Waals surface area contributed by atoms with Crippen molar-refractivity contribution in [3.05, 3.63) is 70.8 Å². The lowest BCUT2D eigenvalue weighted by atomic mass is 9.87. The lowest BCUT2D eigenvalue weighted by molar-refractivity contribution is 0.0846. The molecule has 0 aliphatic heterocycles. The molecule has 0 radical (unpaired) electrons. The monoisotopic (exact) mass is 310 g/mol. The second kappa shape index (κ2) is 6.65. The van der Waals surface area contributed by atoms with Crippen LogP contribution < -0.4 is 10.9 Å². The molecule has 4 heteroatoms. The van der Waals surface area contributed by atoms with Crippen LogP contribution >= 0.6 is 0 Å². The van der Waals surface area contributed by atoms with E-state index in [4.69, 9.17) is 0 Å². The van der Waals surface area contributed by atoms with Crippen molar-refractivity contribution in [3.63, 3.8) is 0 Å². The van der Waals surface area contributed by atoms with Gasteiger partial charge >= 0.3 is 0 Å². The first-order valence-electron chi connectivity index (χ1n) is 7.56. The molecule has 0 saturated heterocycles. The minimum atomic E-state index is -0.340. The topological polar surface area (TPSA) is 58.2 Å². The molecule has 0 aliphatic rings. The highest BCUT2D eigenvalue weighted by Gasteiger charge is 2.15. The summed E-state index contributed by atoms with van der Waals surface area (Å²) in [5.41, 5.74) is 7.97. The summed E-state index contributed by atoms with van der Waals surface area (Å²) in [6.07, 6.45) is 0. The largest absolute Gasteiger partial charge is 0.269 e. The van der Waals surface area contributed by atoms with E-state index >= 15 is 0 Å². The fourth-order valence-corrected chi connectivity index (χ4v) is 2.20.